The Balaban J connectivity index is 1.77. The minimum absolute atomic E-state index is 0.190. The zero-order valence-electron chi connectivity index (χ0n) is 16.6. The molecule has 1 fully saturated rings. The Kier molecular flexibility index (Phi) is 4.86. The lowest BCUT2D eigenvalue weighted by Crippen LogP contribution is -2.54. The Morgan fingerprint density at radius 1 is 1.26 bits per heavy atom. The molecule has 2 aromatic rings. The molecule has 5 heteroatoms. The van der Waals surface area contributed by atoms with E-state index in [0.29, 0.717) is 17.1 Å². The van der Waals surface area contributed by atoms with Crippen LogP contribution in [0.15, 0.2) is 18.2 Å². The highest BCUT2D eigenvalue weighted by molar-refractivity contribution is 6.29. The van der Waals surface area contributed by atoms with Crippen LogP contribution in [-0.2, 0) is 0 Å². The van der Waals surface area contributed by atoms with Crippen molar-refractivity contribution in [2.45, 2.75) is 77.2 Å². The number of fused-ring (bicyclic) bond motifs is 2. The number of hydrogen-bond acceptors (Lipinski definition) is 4. The van der Waals surface area contributed by atoms with Crippen molar-refractivity contribution < 1.29 is 9.84 Å². The van der Waals surface area contributed by atoms with Gasteiger partial charge in [0.15, 0.2) is 0 Å². The Morgan fingerprint density at radius 3 is 2.67 bits per heavy atom. The standard InChI is InChI=1S/C22H29ClN2O2/c1-12-9-19(23)25-17-10-16-18(11-15(12)17)27-22(3,4)21(26)20(16)24-13(2)14-7-5-6-8-14/h9-11,13-14,20-21,24,26H,5-8H2,1-4H3. The summed E-state index contributed by atoms with van der Waals surface area (Å²) in [5, 5.41) is 16.3. The van der Waals surface area contributed by atoms with Crippen LogP contribution in [0, 0.1) is 12.8 Å². The summed E-state index contributed by atoms with van der Waals surface area (Å²) in [5.41, 5.74) is 2.22. The Morgan fingerprint density at radius 2 is 1.96 bits per heavy atom. The number of aliphatic hydroxyl groups is 1. The molecule has 2 heterocycles. The highest BCUT2D eigenvalue weighted by atomic mass is 35.5. The van der Waals surface area contributed by atoms with Gasteiger partial charge in [0, 0.05) is 17.0 Å². The van der Waals surface area contributed by atoms with E-state index in [1.165, 1.54) is 25.7 Å². The molecule has 2 aliphatic rings. The smallest absolute Gasteiger partial charge is 0.131 e. The van der Waals surface area contributed by atoms with E-state index in [0.717, 1.165) is 27.8 Å². The van der Waals surface area contributed by atoms with Crippen molar-refractivity contribution in [2.75, 3.05) is 0 Å². The fraction of sp³-hybridized carbons (Fsp3) is 0.591. The van der Waals surface area contributed by atoms with E-state index in [9.17, 15) is 5.11 Å². The first-order chi connectivity index (χ1) is 12.8. The first kappa shape index (κ1) is 19.0. The number of nitrogens with one attached hydrogen (secondary N) is 1. The lowest BCUT2D eigenvalue weighted by atomic mass is 9.84. The monoisotopic (exact) mass is 388 g/mol. The van der Waals surface area contributed by atoms with E-state index >= 15 is 0 Å². The highest BCUT2D eigenvalue weighted by Gasteiger charge is 2.44. The number of ether oxygens (including phenoxy) is 1. The van der Waals surface area contributed by atoms with Gasteiger partial charge in [-0.25, -0.2) is 4.98 Å². The van der Waals surface area contributed by atoms with E-state index in [2.05, 4.69) is 17.2 Å². The van der Waals surface area contributed by atoms with Gasteiger partial charge in [-0.15, -0.1) is 0 Å². The molecule has 0 bridgehead atoms. The number of pyridine rings is 1. The number of halogens is 1. The van der Waals surface area contributed by atoms with Crippen molar-refractivity contribution in [2.24, 2.45) is 5.92 Å². The summed E-state index contributed by atoms with van der Waals surface area (Å²) in [6.45, 7) is 8.17. The molecule has 4 rings (SSSR count). The van der Waals surface area contributed by atoms with Crippen molar-refractivity contribution in [1.82, 2.24) is 10.3 Å². The van der Waals surface area contributed by atoms with Gasteiger partial charge in [0.2, 0.25) is 0 Å². The largest absolute Gasteiger partial charge is 0.485 e. The van der Waals surface area contributed by atoms with E-state index in [1.807, 2.05) is 39.0 Å². The fourth-order valence-electron chi connectivity index (χ4n) is 4.70. The molecule has 1 saturated carbocycles. The third kappa shape index (κ3) is 3.43. The van der Waals surface area contributed by atoms with E-state index in [1.54, 1.807) is 0 Å². The first-order valence-corrected chi connectivity index (χ1v) is 10.4. The molecule has 1 aromatic carbocycles. The summed E-state index contributed by atoms with van der Waals surface area (Å²) < 4.78 is 6.21. The third-order valence-electron chi connectivity index (χ3n) is 6.40. The van der Waals surface area contributed by atoms with Gasteiger partial charge >= 0.3 is 0 Å². The molecule has 3 unspecified atom stereocenters. The van der Waals surface area contributed by atoms with Crippen molar-refractivity contribution in [1.29, 1.82) is 0 Å². The SMILES string of the molecule is Cc1cc(Cl)nc2cc3c(cc12)OC(C)(C)C(O)C3NC(C)C1CCCC1. The molecule has 146 valence electrons. The average Bonchev–Trinajstić information content (AvgIpc) is 3.12. The number of benzene rings is 1. The zero-order chi connectivity index (χ0) is 19.3. The van der Waals surface area contributed by atoms with Gasteiger partial charge < -0.3 is 15.2 Å². The highest BCUT2D eigenvalue weighted by Crippen LogP contribution is 2.43. The molecular weight excluding hydrogens is 360 g/mol. The van der Waals surface area contributed by atoms with Crippen LogP contribution in [0.4, 0.5) is 0 Å². The number of aryl methyl sites for hydroxylation is 1. The number of nitrogens with zero attached hydrogens (tertiary/aromatic N) is 1. The summed E-state index contributed by atoms with van der Waals surface area (Å²) in [6.07, 6.45) is 4.49. The Bertz CT molecular complexity index is 861. The van der Waals surface area contributed by atoms with E-state index in [-0.39, 0.29) is 6.04 Å². The van der Waals surface area contributed by atoms with Gasteiger partial charge in [0.1, 0.15) is 22.6 Å². The number of aliphatic hydroxyl groups excluding tert-OH is 1. The minimum Gasteiger partial charge on any atom is -0.485 e. The Hall–Kier alpha value is -1.36. The van der Waals surface area contributed by atoms with Crippen LogP contribution < -0.4 is 10.1 Å². The summed E-state index contributed by atoms with van der Waals surface area (Å²) in [5.74, 6) is 1.49. The maximum atomic E-state index is 11.1. The molecule has 27 heavy (non-hydrogen) atoms. The van der Waals surface area contributed by atoms with Gasteiger partial charge in [-0.1, -0.05) is 24.4 Å². The zero-order valence-corrected chi connectivity index (χ0v) is 17.3. The lowest BCUT2D eigenvalue weighted by Gasteiger charge is -2.44. The third-order valence-corrected chi connectivity index (χ3v) is 6.59. The summed E-state index contributed by atoms with van der Waals surface area (Å²) >= 11 is 6.18. The fourth-order valence-corrected chi connectivity index (χ4v) is 4.96. The maximum Gasteiger partial charge on any atom is 0.131 e. The molecular formula is C22H29ClN2O2. The Labute approximate surface area is 166 Å². The molecule has 1 aliphatic heterocycles. The molecule has 0 amide bonds. The van der Waals surface area contributed by atoms with Crippen LogP contribution in [0.5, 0.6) is 5.75 Å². The van der Waals surface area contributed by atoms with E-state index in [4.69, 9.17) is 16.3 Å². The van der Waals surface area contributed by atoms with Gasteiger partial charge in [-0.05, 0) is 70.2 Å². The quantitative estimate of drug-likeness (QED) is 0.731. The van der Waals surface area contributed by atoms with Crippen LogP contribution in [0.25, 0.3) is 10.9 Å². The van der Waals surface area contributed by atoms with Crippen LogP contribution >= 0.6 is 11.6 Å². The van der Waals surface area contributed by atoms with Crippen LogP contribution in [0.2, 0.25) is 5.15 Å². The number of rotatable bonds is 3. The minimum atomic E-state index is -0.665. The number of aromatic nitrogens is 1. The molecule has 0 saturated heterocycles. The van der Waals surface area contributed by atoms with Gasteiger partial charge in [0.05, 0.1) is 11.6 Å². The molecule has 3 atom stereocenters. The maximum absolute atomic E-state index is 11.1. The summed E-state index contributed by atoms with van der Waals surface area (Å²) in [4.78, 5) is 4.50. The molecule has 2 N–H and O–H groups in total. The van der Waals surface area contributed by atoms with Crippen molar-refractivity contribution >= 4 is 22.5 Å². The predicted octanol–water partition coefficient (Wildman–Crippen LogP) is 4.94. The summed E-state index contributed by atoms with van der Waals surface area (Å²) in [7, 11) is 0. The van der Waals surface area contributed by atoms with Crippen LogP contribution in [-0.4, -0.2) is 27.8 Å². The van der Waals surface area contributed by atoms with Gasteiger partial charge in [-0.3, -0.25) is 0 Å². The molecule has 1 aliphatic carbocycles. The molecule has 0 radical (unpaired) electrons. The predicted molar refractivity (Wildman–Crippen MR) is 110 cm³/mol. The topological polar surface area (TPSA) is 54.4 Å². The second-order valence-corrected chi connectivity index (χ2v) is 9.18. The second-order valence-electron chi connectivity index (χ2n) is 8.80. The van der Waals surface area contributed by atoms with E-state index < -0.39 is 11.7 Å². The second kappa shape index (κ2) is 6.91. The first-order valence-electron chi connectivity index (χ1n) is 10.00. The molecule has 1 aromatic heterocycles. The normalized spacial score (nSPS) is 26.0. The average molecular weight is 389 g/mol. The lowest BCUT2D eigenvalue weighted by molar-refractivity contribution is -0.0671. The van der Waals surface area contributed by atoms with Crippen molar-refractivity contribution in [3.63, 3.8) is 0 Å². The van der Waals surface area contributed by atoms with Crippen molar-refractivity contribution in [3.8, 4) is 5.75 Å². The van der Waals surface area contributed by atoms with Gasteiger partial charge in [-0.2, -0.15) is 0 Å². The molecule has 0 spiro atoms. The van der Waals surface area contributed by atoms with Crippen molar-refractivity contribution in [3.05, 3.63) is 34.5 Å². The number of hydrogen-bond donors (Lipinski definition) is 2. The molecule has 4 nitrogen and oxygen atoms in total. The van der Waals surface area contributed by atoms with Crippen LogP contribution in [0.3, 0.4) is 0 Å². The van der Waals surface area contributed by atoms with Gasteiger partial charge in [0.25, 0.3) is 0 Å². The summed E-state index contributed by atoms with van der Waals surface area (Å²) in [6, 6.07) is 6.10. The van der Waals surface area contributed by atoms with Crippen LogP contribution in [0.1, 0.15) is 63.6 Å².